The Labute approximate surface area is 129 Å². The minimum absolute atomic E-state index is 0.0225. The van der Waals surface area contributed by atoms with Gasteiger partial charge >= 0.3 is 0 Å². The molecule has 3 rings (SSSR count). The summed E-state index contributed by atoms with van der Waals surface area (Å²) in [5, 5.41) is 7.07. The van der Waals surface area contributed by atoms with Crippen molar-refractivity contribution in [3.8, 4) is 11.5 Å². The van der Waals surface area contributed by atoms with Crippen molar-refractivity contribution in [1.29, 1.82) is 0 Å². The van der Waals surface area contributed by atoms with Gasteiger partial charge in [0, 0.05) is 12.1 Å². The Bertz CT molecular complexity index is 666. The number of hydrogen-bond acceptors (Lipinski definition) is 4. The lowest BCUT2D eigenvalue weighted by molar-refractivity contribution is -0.118. The number of carbonyl (C=O) groups is 1. The van der Waals surface area contributed by atoms with E-state index < -0.39 is 0 Å². The first-order valence-electron chi connectivity index (χ1n) is 7.33. The minimum Gasteiger partial charge on any atom is -0.486 e. The first-order chi connectivity index (χ1) is 10.6. The molecule has 1 aliphatic heterocycles. The highest BCUT2D eigenvalue weighted by Gasteiger charge is 2.21. The van der Waals surface area contributed by atoms with Gasteiger partial charge in [0.2, 0.25) is 5.91 Å². The molecule has 1 aromatic heterocycles. The third kappa shape index (κ3) is 3.21. The van der Waals surface area contributed by atoms with Crippen LogP contribution in [0.1, 0.15) is 13.8 Å². The number of aromatic nitrogens is 2. The highest BCUT2D eigenvalue weighted by atomic mass is 16.6. The maximum Gasteiger partial charge on any atom is 0.227 e. The SMILES string of the molecule is CC(C)C(=O)Nc1cnn(CC2COc3ccccc3O2)c1. The first kappa shape index (κ1) is 14.4. The van der Waals surface area contributed by atoms with Crippen molar-refractivity contribution in [3.63, 3.8) is 0 Å². The molecule has 0 radical (unpaired) electrons. The summed E-state index contributed by atoms with van der Waals surface area (Å²) in [5.74, 6) is 1.43. The molecule has 2 heterocycles. The fourth-order valence-corrected chi connectivity index (χ4v) is 2.18. The van der Waals surface area contributed by atoms with Crippen LogP contribution >= 0.6 is 0 Å². The van der Waals surface area contributed by atoms with Gasteiger partial charge in [0.25, 0.3) is 0 Å². The molecule has 1 unspecified atom stereocenters. The summed E-state index contributed by atoms with van der Waals surface area (Å²) in [6.45, 7) is 4.74. The molecule has 1 N–H and O–H groups in total. The highest BCUT2D eigenvalue weighted by Crippen LogP contribution is 2.31. The molecule has 1 aliphatic rings. The number of fused-ring (bicyclic) bond motifs is 1. The fraction of sp³-hybridized carbons (Fsp3) is 0.375. The summed E-state index contributed by atoms with van der Waals surface area (Å²) in [5.41, 5.74) is 0.691. The van der Waals surface area contributed by atoms with E-state index in [0.29, 0.717) is 18.8 Å². The maximum absolute atomic E-state index is 11.7. The van der Waals surface area contributed by atoms with Crippen LogP contribution in [0.15, 0.2) is 36.7 Å². The third-order valence-electron chi connectivity index (χ3n) is 3.38. The maximum atomic E-state index is 11.7. The molecule has 22 heavy (non-hydrogen) atoms. The molecule has 2 aromatic rings. The lowest BCUT2D eigenvalue weighted by Gasteiger charge is -2.26. The van der Waals surface area contributed by atoms with Crippen LogP contribution in [-0.2, 0) is 11.3 Å². The zero-order chi connectivity index (χ0) is 15.5. The van der Waals surface area contributed by atoms with Crippen molar-refractivity contribution in [2.45, 2.75) is 26.5 Å². The quantitative estimate of drug-likeness (QED) is 0.941. The Kier molecular flexibility index (Phi) is 4.00. The average molecular weight is 301 g/mol. The van der Waals surface area contributed by atoms with E-state index >= 15 is 0 Å². The Morgan fingerprint density at radius 2 is 2.18 bits per heavy atom. The van der Waals surface area contributed by atoms with Crippen LogP contribution in [0.3, 0.4) is 0 Å². The Balaban J connectivity index is 1.61. The molecule has 0 bridgehead atoms. The van der Waals surface area contributed by atoms with Crippen molar-refractivity contribution >= 4 is 11.6 Å². The number of anilines is 1. The molecular weight excluding hydrogens is 282 g/mol. The van der Waals surface area contributed by atoms with Gasteiger partial charge in [-0.25, -0.2) is 0 Å². The Morgan fingerprint density at radius 3 is 2.95 bits per heavy atom. The molecule has 6 heteroatoms. The van der Waals surface area contributed by atoms with E-state index in [1.807, 2.05) is 38.1 Å². The minimum atomic E-state index is -0.108. The number of nitrogens with zero attached hydrogens (tertiary/aromatic N) is 2. The zero-order valence-corrected chi connectivity index (χ0v) is 12.7. The van der Waals surface area contributed by atoms with Gasteiger partial charge in [0.05, 0.1) is 18.4 Å². The molecule has 0 saturated heterocycles. The van der Waals surface area contributed by atoms with Crippen LogP contribution in [0.5, 0.6) is 11.5 Å². The molecule has 0 spiro atoms. The topological polar surface area (TPSA) is 65.4 Å². The first-order valence-corrected chi connectivity index (χ1v) is 7.33. The van der Waals surface area contributed by atoms with Crippen molar-refractivity contribution in [2.75, 3.05) is 11.9 Å². The number of rotatable bonds is 4. The molecule has 0 aliphatic carbocycles. The Hall–Kier alpha value is -2.50. The lowest BCUT2D eigenvalue weighted by atomic mass is 10.2. The van der Waals surface area contributed by atoms with Gasteiger partial charge < -0.3 is 14.8 Å². The molecule has 1 amide bonds. The number of carbonyl (C=O) groups excluding carboxylic acids is 1. The second-order valence-corrected chi connectivity index (χ2v) is 5.59. The van der Waals surface area contributed by atoms with E-state index in [2.05, 4.69) is 10.4 Å². The molecule has 1 atom stereocenters. The summed E-state index contributed by atoms with van der Waals surface area (Å²) < 4.78 is 13.3. The number of nitrogens with one attached hydrogen (secondary N) is 1. The second-order valence-electron chi connectivity index (χ2n) is 5.59. The lowest BCUT2D eigenvalue weighted by Crippen LogP contribution is -2.33. The van der Waals surface area contributed by atoms with Gasteiger partial charge in [0.1, 0.15) is 6.61 Å². The van der Waals surface area contributed by atoms with Crippen LogP contribution in [0.2, 0.25) is 0 Å². The number of amides is 1. The molecule has 0 saturated carbocycles. The monoisotopic (exact) mass is 301 g/mol. The molecular formula is C16H19N3O3. The van der Waals surface area contributed by atoms with Gasteiger partial charge in [-0.15, -0.1) is 0 Å². The van der Waals surface area contributed by atoms with Crippen molar-refractivity contribution in [1.82, 2.24) is 9.78 Å². The van der Waals surface area contributed by atoms with E-state index in [1.165, 1.54) is 0 Å². The van der Waals surface area contributed by atoms with Gasteiger partial charge in [-0.2, -0.15) is 5.10 Å². The van der Waals surface area contributed by atoms with Crippen LogP contribution in [-0.4, -0.2) is 28.4 Å². The summed E-state index contributed by atoms with van der Waals surface area (Å²) in [4.78, 5) is 11.7. The number of para-hydroxylation sites is 2. The van der Waals surface area contributed by atoms with Crippen LogP contribution in [0.25, 0.3) is 0 Å². The normalized spacial score (nSPS) is 16.6. The van der Waals surface area contributed by atoms with E-state index in [0.717, 1.165) is 11.5 Å². The number of ether oxygens (including phenoxy) is 2. The summed E-state index contributed by atoms with van der Waals surface area (Å²) in [7, 11) is 0. The summed E-state index contributed by atoms with van der Waals surface area (Å²) in [6.07, 6.45) is 3.32. The van der Waals surface area contributed by atoms with E-state index in [-0.39, 0.29) is 17.9 Å². The predicted octanol–water partition coefficient (Wildman–Crippen LogP) is 2.32. The summed E-state index contributed by atoms with van der Waals surface area (Å²) in [6, 6.07) is 7.61. The highest BCUT2D eigenvalue weighted by molar-refractivity contribution is 5.91. The average Bonchev–Trinajstić information content (AvgIpc) is 2.94. The molecule has 116 valence electrons. The summed E-state index contributed by atoms with van der Waals surface area (Å²) >= 11 is 0. The van der Waals surface area contributed by atoms with Gasteiger partial charge in [-0.05, 0) is 12.1 Å². The van der Waals surface area contributed by atoms with Crippen LogP contribution < -0.4 is 14.8 Å². The number of hydrogen-bond donors (Lipinski definition) is 1. The molecule has 1 aromatic carbocycles. The van der Waals surface area contributed by atoms with E-state index in [1.54, 1.807) is 17.1 Å². The smallest absolute Gasteiger partial charge is 0.227 e. The third-order valence-corrected chi connectivity index (χ3v) is 3.38. The van der Waals surface area contributed by atoms with E-state index in [9.17, 15) is 4.79 Å². The fourth-order valence-electron chi connectivity index (χ4n) is 2.18. The predicted molar refractivity (Wildman–Crippen MR) is 82.0 cm³/mol. The number of benzene rings is 1. The largest absolute Gasteiger partial charge is 0.486 e. The Morgan fingerprint density at radius 1 is 1.41 bits per heavy atom. The van der Waals surface area contributed by atoms with E-state index in [4.69, 9.17) is 9.47 Å². The van der Waals surface area contributed by atoms with Crippen molar-refractivity contribution in [2.24, 2.45) is 5.92 Å². The molecule has 6 nitrogen and oxygen atoms in total. The second kappa shape index (κ2) is 6.09. The van der Waals surface area contributed by atoms with Gasteiger partial charge in [0.15, 0.2) is 17.6 Å². The van der Waals surface area contributed by atoms with Gasteiger partial charge in [-0.1, -0.05) is 26.0 Å². The van der Waals surface area contributed by atoms with Gasteiger partial charge in [-0.3, -0.25) is 9.48 Å². The standard InChI is InChI=1S/C16H19N3O3/c1-11(2)16(20)18-12-7-17-19(8-12)9-13-10-21-14-5-3-4-6-15(14)22-13/h3-8,11,13H,9-10H2,1-2H3,(H,18,20). The van der Waals surface area contributed by atoms with Crippen LogP contribution in [0, 0.1) is 5.92 Å². The zero-order valence-electron chi connectivity index (χ0n) is 12.7. The van der Waals surface area contributed by atoms with Crippen LogP contribution in [0.4, 0.5) is 5.69 Å². The molecule has 0 fully saturated rings. The van der Waals surface area contributed by atoms with Crippen molar-refractivity contribution < 1.29 is 14.3 Å². The van der Waals surface area contributed by atoms with Crippen molar-refractivity contribution in [3.05, 3.63) is 36.7 Å².